The second-order valence-corrected chi connectivity index (χ2v) is 6.36. The first-order valence-corrected chi connectivity index (χ1v) is 8.00. The van der Waals surface area contributed by atoms with Crippen LogP contribution in [0.1, 0.15) is 15.9 Å². The number of carbonyl (C=O) groups is 1. The Kier molecular flexibility index (Phi) is 3.25. The Morgan fingerprint density at radius 3 is 2.78 bits per heavy atom. The van der Waals surface area contributed by atoms with E-state index in [1.807, 2.05) is 36.2 Å². The van der Waals surface area contributed by atoms with Crippen LogP contribution in [0.5, 0.6) is 0 Å². The minimum absolute atomic E-state index is 0.00681. The molecule has 0 atom stereocenters. The lowest BCUT2D eigenvalue weighted by molar-refractivity contribution is 0.104. The summed E-state index contributed by atoms with van der Waals surface area (Å²) in [5.41, 5.74) is 3.34. The summed E-state index contributed by atoms with van der Waals surface area (Å²) in [6.45, 7) is 0.438. The second-order valence-electron chi connectivity index (χ2n) is 5.51. The van der Waals surface area contributed by atoms with Gasteiger partial charge in [0.05, 0.1) is 17.6 Å². The standard InChI is InChI=1S/C17H13BrN2O3/c1-20(6-7-21)12-8-11(18)15-14-13(12)16(22)9-4-2-3-5-10(9)17(14)23-19-15/h2-5,8,21H,6-7H2,1H3. The fourth-order valence-electron chi connectivity index (χ4n) is 3.07. The molecule has 1 N–H and O–H groups in total. The molecule has 2 aromatic carbocycles. The molecule has 0 aliphatic heterocycles. The van der Waals surface area contributed by atoms with Gasteiger partial charge in [-0.05, 0) is 22.0 Å². The quantitative estimate of drug-likeness (QED) is 0.597. The molecule has 0 bridgehead atoms. The molecule has 1 aliphatic carbocycles. The van der Waals surface area contributed by atoms with Gasteiger partial charge in [-0.25, -0.2) is 0 Å². The van der Waals surface area contributed by atoms with Crippen molar-refractivity contribution in [2.75, 3.05) is 25.1 Å². The highest BCUT2D eigenvalue weighted by molar-refractivity contribution is 9.10. The van der Waals surface area contributed by atoms with E-state index in [9.17, 15) is 9.90 Å². The Bertz CT molecular complexity index is 948. The second kappa shape index (κ2) is 5.18. The highest BCUT2D eigenvalue weighted by Gasteiger charge is 2.33. The number of aliphatic hydroxyl groups excluding tert-OH is 1. The summed E-state index contributed by atoms with van der Waals surface area (Å²) < 4.78 is 6.31. The first kappa shape index (κ1) is 14.4. The van der Waals surface area contributed by atoms with Crippen LogP contribution < -0.4 is 4.90 Å². The summed E-state index contributed by atoms with van der Waals surface area (Å²) >= 11 is 3.50. The highest BCUT2D eigenvalue weighted by atomic mass is 79.9. The van der Waals surface area contributed by atoms with Crippen LogP contribution in [0.2, 0.25) is 0 Å². The Morgan fingerprint density at radius 1 is 1.30 bits per heavy atom. The average molecular weight is 373 g/mol. The lowest BCUT2D eigenvalue weighted by atomic mass is 9.86. The van der Waals surface area contributed by atoms with Crippen LogP contribution in [0.15, 0.2) is 39.3 Å². The van der Waals surface area contributed by atoms with E-state index in [-0.39, 0.29) is 12.4 Å². The average Bonchev–Trinajstić information content (AvgIpc) is 2.99. The molecule has 116 valence electrons. The summed E-state index contributed by atoms with van der Waals surface area (Å²) in [5, 5.41) is 14.1. The maximum atomic E-state index is 13.1. The number of anilines is 1. The first-order valence-electron chi connectivity index (χ1n) is 7.21. The Hall–Kier alpha value is -2.18. The number of aromatic nitrogens is 1. The summed E-state index contributed by atoms with van der Waals surface area (Å²) in [5.74, 6) is 0.568. The summed E-state index contributed by atoms with van der Waals surface area (Å²) in [7, 11) is 1.85. The number of hydrogen-bond acceptors (Lipinski definition) is 5. The van der Waals surface area contributed by atoms with E-state index in [0.717, 1.165) is 21.1 Å². The van der Waals surface area contributed by atoms with Crippen LogP contribution in [-0.4, -0.2) is 36.2 Å². The monoisotopic (exact) mass is 372 g/mol. The van der Waals surface area contributed by atoms with Gasteiger partial charge in [-0.1, -0.05) is 29.4 Å². The van der Waals surface area contributed by atoms with E-state index in [4.69, 9.17) is 4.52 Å². The fourth-order valence-corrected chi connectivity index (χ4v) is 3.56. The number of benzene rings is 2. The Balaban J connectivity index is 2.11. The van der Waals surface area contributed by atoms with Gasteiger partial charge in [0.2, 0.25) is 0 Å². The van der Waals surface area contributed by atoms with Gasteiger partial charge in [0, 0.05) is 34.9 Å². The van der Waals surface area contributed by atoms with Gasteiger partial charge in [0.25, 0.3) is 0 Å². The molecular weight excluding hydrogens is 360 g/mol. The molecule has 6 heteroatoms. The van der Waals surface area contributed by atoms with E-state index in [0.29, 0.717) is 28.9 Å². The molecule has 0 radical (unpaired) electrons. The number of ketones is 1. The number of fused-ring (bicyclic) bond motifs is 2. The van der Waals surface area contributed by atoms with Crippen molar-refractivity contribution in [1.82, 2.24) is 5.16 Å². The number of aliphatic hydroxyl groups is 1. The molecule has 0 saturated carbocycles. The van der Waals surface area contributed by atoms with Crippen LogP contribution in [0.4, 0.5) is 5.69 Å². The maximum Gasteiger partial charge on any atom is 0.196 e. The van der Waals surface area contributed by atoms with Crippen LogP contribution in [-0.2, 0) is 0 Å². The molecule has 4 rings (SSSR count). The topological polar surface area (TPSA) is 66.6 Å². The zero-order chi connectivity index (χ0) is 16.1. The van der Waals surface area contributed by atoms with Crippen molar-refractivity contribution in [2.45, 2.75) is 0 Å². The van der Waals surface area contributed by atoms with Crippen LogP contribution in [0, 0.1) is 0 Å². The molecule has 1 aromatic heterocycles. The molecule has 0 fully saturated rings. The van der Waals surface area contributed by atoms with Gasteiger partial charge >= 0.3 is 0 Å². The van der Waals surface area contributed by atoms with E-state index in [1.54, 1.807) is 6.07 Å². The van der Waals surface area contributed by atoms with Crippen molar-refractivity contribution >= 4 is 38.3 Å². The largest absolute Gasteiger partial charge is 0.395 e. The number of rotatable bonds is 3. The number of halogens is 1. The Morgan fingerprint density at radius 2 is 2.04 bits per heavy atom. The van der Waals surface area contributed by atoms with Crippen molar-refractivity contribution in [3.05, 3.63) is 45.9 Å². The third kappa shape index (κ3) is 1.95. The van der Waals surface area contributed by atoms with Crippen LogP contribution in [0.25, 0.3) is 22.2 Å². The minimum Gasteiger partial charge on any atom is -0.395 e. The van der Waals surface area contributed by atoms with Gasteiger partial charge in [-0.15, -0.1) is 0 Å². The van der Waals surface area contributed by atoms with Crippen LogP contribution in [0.3, 0.4) is 0 Å². The Labute approximate surface area is 140 Å². The third-order valence-corrected chi connectivity index (χ3v) is 4.78. The summed E-state index contributed by atoms with van der Waals surface area (Å²) in [6, 6.07) is 9.24. The van der Waals surface area contributed by atoms with E-state index >= 15 is 0 Å². The zero-order valence-electron chi connectivity index (χ0n) is 12.3. The normalized spacial score (nSPS) is 12.6. The van der Waals surface area contributed by atoms with Crippen molar-refractivity contribution < 1.29 is 14.4 Å². The molecule has 23 heavy (non-hydrogen) atoms. The smallest absolute Gasteiger partial charge is 0.196 e. The molecule has 0 saturated heterocycles. The van der Waals surface area contributed by atoms with Gasteiger partial charge in [0.1, 0.15) is 5.52 Å². The van der Waals surface area contributed by atoms with Crippen LogP contribution >= 0.6 is 15.9 Å². The predicted octanol–water partition coefficient (Wildman–Crippen LogP) is 3.23. The molecule has 5 nitrogen and oxygen atoms in total. The minimum atomic E-state index is -0.0476. The first-order chi connectivity index (χ1) is 11.1. The lowest BCUT2D eigenvalue weighted by Gasteiger charge is -2.24. The molecular formula is C17H13BrN2O3. The number of likely N-dealkylation sites (N-methyl/N-ethyl adjacent to an activating group) is 1. The molecule has 0 spiro atoms. The summed E-state index contributed by atoms with van der Waals surface area (Å²) in [6.07, 6.45) is 0. The van der Waals surface area contributed by atoms with Crippen molar-refractivity contribution in [3.8, 4) is 11.3 Å². The summed E-state index contributed by atoms with van der Waals surface area (Å²) in [4.78, 5) is 14.9. The van der Waals surface area contributed by atoms with Crippen molar-refractivity contribution in [1.29, 1.82) is 0 Å². The van der Waals surface area contributed by atoms with E-state index < -0.39 is 0 Å². The molecule has 1 aliphatic rings. The predicted molar refractivity (Wildman–Crippen MR) is 90.9 cm³/mol. The van der Waals surface area contributed by atoms with Gasteiger partial charge < -0.3 is 14.5 Å². The molecule has 0 unspecified atom stereocenters. The van der Waals surface area contributed by atoms with Gasteiger partial charge in [-0.2, -0.15) is 0 Å². The third-order valence-electron chi connectivity index (χ3n) is 4.18. The SMILES string of the molecule is CN(CCO)c1cc(Br)c2noc3c2c1C(=O)c1ccccc1-3. The van der Waals surface area contributed by atoms with E-state index in [2.05, 4.69) is 21.1 Å². The molecule has 0 amide bonds. The van der Waals surface area contributed by atoms with Gasteiger partial charge in [0.15, 0.2) is 11.5 Å². The lowest BCUT2D eigenvalue weighted by Crippen LogP contribution is -2.24. The maximum absolute atomic E-state index is 13.1. The van der Waals surface area contributed by atoms with Gasteiger partial charge in [-0.3, -0.25) is 4.79 Å². The number of hydrogen-bond donors (Lipinski definition) is 1. The molecule has 3 aromatic rings. The van der Waals surface area contributed by atoms with Crippen molar-refractivity contribution in [3.63, 3.8) is 0 Å². The zero-order valence-corrected chi connectivity index (χ0v) is 13.9. The fraction of sp³-hybridized carbons (Fsp3) is 0.176. The van der Waals surface area contributed by atoms with E-state index in [1.165, 1.54) is 0 Å². The highest BCUT2D eigenvalue weighted by Crippen LogP contribution is 2.45. The number of carbonyl (C=O) groups excluding carboxylic acids is 1. The van der Waals surface area contributed by atoms with Crippen molar-refractivity contribution in [2.24, 2.45) is 0 Å². The molecule has 1 heterocycles. The number of nitrogens with zero attached hydrogens (tertiary/aromatic N) is 2.